The number of amides is 1. The van der Waals surface area contributed by atoms with Gasteiger partial charge in [0, 0.05) is 19.6 Å². The lowest BCUT2D eigenvalue weighted by molar-refractivity contribution is -0.146. The van der Waals surface area contributed by atoms with Crippen molar-refractivity contribution in [3.8, 4) is 0 Å². The van der Waals surface area contributed by atoms with Gasteiger partial charge in [-0.25, -0.2) is 0 Å². The first-order valence-electron chi connectivity index (χ1n) is 5.91. The average molecular weight is 244 g/mol. The van der Waals surface area contributed by atoms with Gasteiger partial charge in [0.2, 0.25) is 5.91 Å². The predicted molar refractivity (Wildman–Crippen MR) is 61.6 cm³/mol. The van der Waals surface area contributed by atoms with Crippen molar-refractivity contribution in [1.29, 1.82) is 0 Å². The molecule has 0 aromatic rings. The molecule has 1 fully saturated rings. The van der Waals surface area contributed by atoms with E-state index < -0.39 is 18.0 Å². The lowest BCUT2D eigenvalue weighted by Crippen LogP contribution is -2.46. The van der Waals surface area contributed by atoms with Crippen LogP contribution in [0.1, 0.15) is 20.3 Å². The van der Waals surface area contributed by atoms with Crippen LogP contribution in [0.2, 0.25) is 0 Å². The number of ether oxygens (including phenoxy) is 1. The minimum atomic E-state index is -0.823. The Morgan fingerprint density at radius 1 is 1.53 bits per heavy atom. The van der Waals surface area contributed by atoms with Crippen LogP contribution in [-0.4, -0.2) is 48.8 Å². The number of hydrogen-bond acceptors (Lipinski definition) is 4. The van der Waals surface area contributed by atoms with Gasteiger partial charge in [-0.1, -0.05) is 0 Å². The fourth-order valence-corrected chi connectivity index (χ4v) is 1.86. The molecule has 3 N–H and O–H groups in total. The molecule has 1 heterocycles. The number of carboxylic acid groups (broad SMARTS) is 1. The fourth-order valence-electron chi connectivity index (χ4n) is 1.86. The van der Waals surface area contributed by atoms with Gasteiger partial charge in [-0.05, 0) is 20.3 Å². The summed E-state index contributed by atoms with van der Waals surface area (Å²) in [6.07, 6.45) is -0.316. The fraction of sp³-hybridized carbons (Fsp3) is 0.818. The first-order chi connectivity index (χ1) is 8.04. The van der Waals surface area contributed by atoms with Crippen LogP contribution in [0.4, 0.5) is 0 Å². The molecule has 6 heteroatoms. The molecule has 0 radical (unpaired) electrons. The normalized spacial score (nSPS) is 26.2. The Morgan fingerprint density at radius 2 is 2.24 bits per heavy atom. The molecule has 0 spiro atoms. The van der Waals surface area contributed by atoms with Crippen LogP contribution in [0.3, 0.4) is 0 Å². The summed E-state index contributed by atoms with van der Waals surface area (Å²) >= 11 is 0. The number of rotatable bonds is 5. The van der Waals surface area contributed by atoms with Crippen molar-refractivity contribution < 1.29 is 19.4 Å². The summed E-state index contributed by atoms with van der Waals surface area (Å²) in [5.74, 6) is -1.42. The molecule has 1 amide bonds. The van der Waals surface area contributed by atoms with Gasteiger partial charge in [0.25, 0.3) is 0 Å². The summed E-state index contributed by atoms with van der Waals surface area (Å²) in [5, 5.41) is 14.6. The van der Waals surface area contributed by atoms with E-state index in [1.54, 1.807) is 6.92 Å². The molecule has 98 valence electrons. The number of carbonyl (C=O) groups is 2. The Labute approximate surface area is 101 Å². The predicted octanol–water partition coefficient (Wildman–Crippen LogP) is -0.410. The topological polar surface area (TPSA) is 87.7 Å². The van der Waals surface area contributed by atoms with Crippen molar-refractivity contribution >= 4 is 11.9 Å². The van der Waals surface area contributed by atoms with Crippen molar-refractivity contribution in [3.63, 3.8) is 0 Å². The Bertz CT molecular complexity index is 283. The Hall–Kier alpha value is -1.14. The van der Waals surface area contributed by atoms with Crippen molar-refractivity contribution in [2.75, 3.05) is 19.6 Å². The standard InChI is InChI=1S/C11H20N2O4/c1-3-13-10(14)7(2)17-9-4-8(11(15)16)5-12-6-9/h7-9,12H,3-6H2,1-2H3,(H,13,14)(H,15,16). The quantitative estimate of drug-likeness (QED) is 0.612. The van der Waals surface area contributed by atoms with Crippen molar-refractivity contribution in [2.45, 2.75) is 32.5 Å². The summed E-state index contributed by atoms with van der Waals surface area (Å²) < 4.78 is 5.55. The number of nitrogens with one attached hydrogen (secondary N) is 2. The number of carboxylic acids is 1. The molecule has 0 bridgehead atoms. The maximum absolute atomic E-state index is 11.5. The zero-order chi connectivity index (χ0) is 12.8. The Morgan fingerprint density at radius 3 is 2.82 bits per heavy atom. The van der Waals surface area contributed by atoms with Crippen LogP contribution >= 0.6 is 0 Å². The van der Waals surface area contributed by atoms with E-state index in [-0.39, 0.29) is 12.0 Å². The second-order valence-corrected chi connectivity index (χ2v) is 4.22. The number of carbonyl (C=O) groups excluding carboxylic acids is 1. The van der Waals surface area contributed by atoms with E-state index in [0.29, 0.717) is 26.1 Å². The van der Waals surface area contributed by atoms with Crippen LogP contribution in [-0.2, 0) is 14.3 Å². The molecule has 17 heavy (non-hydrogen) atoms. The molecule has 1 saturated heterocycles. The third kappa shape index (κ3) is 4.32. The van der Waals surface area contributed by atoms with Crippen LogP contribution < -0.4 is 10.6 Å². The molecule has 1 rings (SSSR count). The highest BCUT2D eigenvalue weighted by Gasteiger charge is 2.29. The Kier molecular flexibility index (Phi) is 5.37. The van der Waals surface area contributed by atoms with Gasteiger partial charge in [0.05, 0.1) is 12.0 Å². The molecule has 0 saturated carbocycles. The SMILES string of the molecule is CCNC(=O)C(C)OC1CNCC(C(=O)O)C1. The molecule has 0 aromatic heterocycles. The highest BCUT2D eigenvalue weighted by Crippen LogP contribution is 2.15. The lowest BCUT2D eigenvalue weighted by Gasteiger charge is -2.29. The highest BCUT2D eigenvalue weighted by molar-refractivity contribution is 5.80. The van der Waals surface area contributed by atoms with E-state index in [0.717, 1.165) is 0 Å². The van der Waals surface area contributed by atoms with Crippen molar-refractivity contribution in [2.24, 2.45) is 5.92 Å². The van der Waals surface area contributed by atoms with Gasteiger partial charge >= 0.3 is 5.97 Å². The summed E-state index contributed by atoms with van der Waals surface area (Å²) in [5.41, 5.74) is 0. The molecule has 6 nitrogen and oxygen atoms in total. The highest BCUT2D eigenvalue weighted by atomic mass is 16.5. The molecule has 1 aliphatic rings. The van der Waals surface area contributed by atoms with E-state index in [4.69, 9.17) is 9.84 Å². The largest absolute Gasteiger partial charge is 0.481 e. The van der Waals surface area contributed by atoms with Crippen LogP contribution in [0.15, 0.2) is 0 Å². The van der Waals surface area contributed by atoms with Crippen molar-refractivity contribution in [1.82, 2.24) is 10.6 Å². The summed E-state index contributed by atoms with van der Waals surface area (Å²) in [7, 11) is 0. The molecule has 3 atom stereocenters. The monoisotopic (exact) mass is 244 g/mol. The summed E-state index contributed by atoms with van der Waals surface area (Å²) in [6, 6.07) is 0. The molecule has 3 unspecified atom stereocenters. The number of piperidine rings is 1. The third-order valence-corrected chi connectivity index (χ3v) is 2.78. The number of hydrogen-bond donors (Lipinski definition) is 3. The smallest absolute Gasteiger partial charge is 0.307 e. The van der Waals surface area contributed by atoms with E-state index in [1.165, 1.54) is 0 Å². The van der Waals surface area contributed by atoms with E-state index in [1.807, 2.05) is 6.92 Å². The van der Waals surface area contributed by atoms with Gasteiger partial charge in [0.15, 0.2) is 0 Å². The zero-order valence-electron chi connectivity index (χ0n) is 10.2. The Balaban J connectivity index is 2.40. The molecular formula is C11H20N2O4. The summed E-state index contributed by atoms with van der Waals surface area (Å²) in [4.78, 5) is 22.3. The van der Waals surface area contributed by atoms with Crippen LogP contribution in [0.5, 0.6) is 0 Å². The second kappa shape index (κ2) is 6.56. The third-order valence-electron chi connectivity index (χ3n) is 2.78. The van der Waals surface area contributed by atoms with Gasteiger partial charge < -0.3 is 20.5 Å². The van der Waals surface area contributed by atoms with Gasteiger partial charge in [-0.15, -0.1) is 0 Å². The average Bonchev–Trinajstić information content (AvgIpc) is 2.29. The first kappa shape index (κ1) is 13.9. The molecule has 1 aliphatic heterocycles. The van der Waals surface area contributed by atoms with Crippen molar-refractivity contribution in [3.05, 3.63) is 0 Å². The van der Waals surface area contributed by atoms with Gasteiger partial charge in [-0.3, -0.25) is 9.59 Å². The first-order valence-corrected chi connectivity index (χ1v) is 5.91. The number of aliphatic carboxylic acids is 1. The van der Waals surface area contributed by atoms with Gasteiger partial charge in [-0.2, -0.15) is 0 Å². The minimum Gasteiger partial charge on any atom is -0.481 e. The van der Waals surface area contributed by atoms with Crippen LogP contribution in [0.25, 0.3) is 0 Å². The zero-order valence-corrected chi connectivity index (χ0v) is 10.2. The second-order valence-electron chi connectivity index (χ2n) is 4.22. The molecule has 0 aromatic carbocycles. The molecular weight excluding hydrogens is 224 g/mol. The minimum absolute atomic E-state index is 0.162. The van der Waals surface area contributed by atoms with E-state index in [9.17, 15) is 9.59 Å². The maximum Gasteiger partial charge on any atom is 0.307 e. The molecule has 0 aliphatic carbocycles. The lowest BCUT2D eigenvalue weighted by atomic mass is 9.97. The number of likely N-dealkylation sites (N-methyl/N-ethyl adjacent to an activating group) is 1. The summed E-state index contributed by atoms with van der Waals surface area (Å²) in [6.45, 7) is 5.13. The van der Waals surface area contributed by atoms with E-state index in [2.05, 4.69) is 10.6 Å². The van der Waals surface area contributed by atoms with Crippen LogP contribution in [0, 0.1) is 5.92 Å². The van der Waals surface area contributed by atoms with Gasteiger partial charge in [0.1, 0.15) is 6.10 Å². The maximum atomic E-state index is 11.5. The van der Waals surface area contributed by atoms with E-state index >= 15 is 0 Å².